The number of aliphatic hydroxyl groups is 2. The van der Waals surface area contributed by atoms with Crippen LogP contribution < -0.4 is 0 Å². The van der Waals surface area contributed by atoms with Crippen molar-refractivity contribution in [1.82, 2.24) is 0 Å². The second-order valence-corrected chi connectivity index (χ2v) is 18.5. The number of esters is 3. The summed E-state index contributed by atoms with van der Waals surface area (Å²) in [5, 5.41) is 31.3. The molecule has 73 heavy (non-hydrogen) atoms. The summed E-state index contributed by atoms with van der Waals surface area (Å²) in [5.41, 5.74) is 0. The molecule has 0 aliphatic carbocycles. The lowest BCUT2D eigenvalue weighted by Crippen LogP contribution is -2.61. The molecule has 0 aromatic heterocycles. The average molecular weight is 1020 g/mol. The standard InChI is InChI=1S/C61H96O12/c1-4-7-10-13-16-19-21-23-25-26-27-28-30-31-33-36-38-41-44-47-53(62)69-50-52(71-54(63)48-45-42-40-37-34-32-29-24-22-20-17-14-11-8-5-2)51-70-61-59(57(66)56(65)58(73-61)60(67)68)72-55(64)49-46-43-39-35-18-15-12-9-6-3/h7-8,10-11,16-17,19-20,23-25,27-29,34,37,42,45,52,56-59,61,65-66H,4-6,9,12-15,18,21-22,26,30-33,35-36,38-41,43-44,46-51H2,1-3H3,(H,67,68)/b10-7-,11-8-,19-16-,20-17-,25-23-,28-27-,29-24-,37-34-,45-42-. The number of hydrogen-bond donors (Lipinski definition) is 3. The quantitative estimate of drug-likeness (QED) is 0.0228. The first-order chi connectivity index (χ1) is 35.6. The Morgan fingerprint density at radius 3 is 1.38 bits per heavy atom. The van der Waals surface area contributed by atoms with Gasteiger partial charge >= 0.3 is 23.9 Å². The molecule has 0 aromatic rings. The molecule has 3 N–H and O–H groups in total. The summed E-state index contributed by atoms with van der Waals surface area (Å²) in [6.07, 6.45) is 52.5. The molecular weight excluding hydrogens is 925 g/mol. The van der Waals surface area contributed by atoms with Crippen LogP contribution in [0.1, 0.15) is 201 Å². The highest BCUT2D eigenvalue weighted by Crippen LogP contribution is 2.26. The molecule has 0 spiro atoms. The maximum absolute atomic E-state index is 13.0. The number of ether oxygens (including phenoxy) is 5. The molecule has 12 heteroatoms. The van der Waals surface area contributed by atoms with E-state index in [-0.39, 0.29) is 25.9 Å². The molecule has 1 aliphatic heterocycles. The van der Waals surface area contributed by atoms with Crippen LogP contribution >= 0.6 is 0 Å². The smallest absolute Gasteiger partial charge is 0.335 e. The number of aliphatic carboxylic acids is 1. The highest BCUT2D eigenvalue weighted by Gasteiger charge is 2.50. The number of aliphatic hydroxyl groups excluding tert-OH is 2. The number of allylic oxidation sites excluding steroid dienone is 17. The van der Waals surface area contributed by atoms with Gasteiger partial charge in [-0.1, -0.05) is 207 Å². The zero-order valence-electron chi connectivity index (χ0n) is 45.1. The summed E-state index contributed by atoms with van der Waals surface area (Å²) < 4.78 is 28.2. The molecule has 412 valence electrons. The Bertz CT molecular complexity index is 1690. The topological polar surface area (TPSA) is 175 Å². The third-order valence-corrected chi connectivity index (χ3v) is 11.9. The third kappa shape index (κ3) is 38.6. The minimum Gasteiger partial charge on any atom is -0.479 e. The molecule has 0 aromatic carbocycles. The van der Waals surface area contributed by atoms with Crippen molar-refractivity contribution in [3.63, 3.8) is 0 Å². The van der Waals surface area contributed by atoms with Gasteiger partial charge in [-0.3, -0.25) is 14.4 Å². The summed E-state index contributed by atoms with van der Waals surface area (Å²) in [4.78, 5) is 50.9. The minimum atomic E-state index is -1.92. The monoisotopic (exact) mass is 1020 g/mol. The van der Waals surface area contributed by atoms with E-state index < -0.39 is 67.3 Å². The number of rotatable bonds is 45. The maximum atomic E-state index is 13.0. The number of unbranched alkanes of at least 4 members (excludes halogenated alkanes) is 14. The number of carbonyl (C=O) groups excluding carboxylic acids is 3. The number of carboxylic acid groups (broad SMARTS) is 1. The van der Waals surface area contributed by atoms with Crippen LogP contribution in [0.25, 0.3) is 0 Å². The number of hydrogen-bond acceptors (Lipinski definition) is 11. The third-order valence-electron chi connectivity index (χ3n) is 11.9. The van der Waals surface area contributed by atoms with Gasteiger partial charge in [-0.05, 0) is 83.5 Å². The minimum absolute atomic E-state index is 0.0445. The largest absolute Gasteiger partial charge is 0.479 e. The Morgan fingerprint density at radius 1 is 0.479 bits per heavy atom. The van der Waals surface area contributed by atoms with Crippen LogP contribution in [0, 0.1) is 0 Å². The summed E-state index contributed by atoms with van der Waals surface area (Å²) >= 11 is 0. The van der Waals surface area contributed by atoms with Crippen molar-refractivity contribution in [1.29, 1.82) is 0 Å². The van der Waals surface area contributed by atoms with E-state index in [2.05, 4.69) is 106 Å². The van der Waals surface area contributed by atoms with Crippen LogP contribution in [0.3, 0.4) is 0 Å². The van der Waals surface area contributed by atoms with Crippen molar-refractivity contribution in [3.8, 4) is 0 Å². The Labute approximate surface area is 440 Å². The lowest BCUT2D eigenvalue weighted by atomic mass is 9.98. The molecule has 6 unspecified atom stereocenters. The van der Waals surface area contributed by atoms with Crippen molar-refractivity contribution in [2.45, 2.75) is 237 Å². The molecular formula is C61H96O12. The van der Waals surface area contributed by atoms with Crippen LogP contribution in [0.15, 0.2) is 109 Å². The van der Waals surface area contributed by atoms with Gasteiger partial charge < -0.3 is 39.0 Å². The van der Waals surface area contributed by atoms with E-state index in [0.29, 0.717) is 19.3 Å². The average Bonchev–Trinajstić information content (AvgIpc) is 3.37. The predicted molar refractivity (Wildman–Crippen MR) is 294 cm³/mol. The highest BCUT2D eigenvalue weighted by atomic mass is 16.7. The summed E-state index contributed by atoms with van der Waals surface area (Å²) in [6.45, 7) is 5.61. The molecule has 1 aliphatic rings. The first-order valence-corrected chi connectivity index (χ1v) is 27.9. The second kappa shape index (κ2) is 48.3. The Hall–Kier alpha value is -4.62. The highest BCUT2D eigenvalue weighted by molar-refractivity contribution is 5.74. The Morgan fingerprint density at radius 2 is 0.904 bits per heavy atom. The van der Waals surface area contributed by atoms with E-state index in [0.717, 1.165) is 116 Å². The van der Waals surface area contributed by atoms with E-state index >= 15 is 0 Å². The van der Waals surface area contributed by atoms with Gasteiger partial charge in [0.1, 0.15) is 18.8 Å². The van der Waals surface area contributed by atoms with Gasteiger partial charge in [0, 0.05) is 12.8 Å². The summed E-state index contributed by atoms with van der Waals surface area (Å²) in [5.74, 6) is -3.32. The fourth-order valence-corrected chi connectivity index (χ4v) is 7.67. The molecule has 0 saturated carbocycles. The zero-order valence-corrected chi connectivity index (χ0v) is 45.1. The first kappa shape index (κ1) is 66.4. The van der Waals surface area contributed by atoms with E-state index in [1.165, 1.54) is 25.7 Å². The Kier molecular flexibility index (Phi) is 44.0. The van der Waals surface area contributed by atoms with Crippen molar-refractivity contribution < 1.29 is 58.2 Å². The molecule has 6 atom stereocenters. The zero-order chi connectivity index (χ0) is 53.3. The molecule has 1 heterocycles. The molecule has 12 nitrogen and oxygen atoms in total. The van der Waals surface area contributed by atoms with Crippen LogP contribution in [0.5, 0.6) is 0 Å². The van der Waals surface area contributed by atoms with Crippen molar-refractivity contribution in [3.05, 3.63) is 109 Å². The second-order valence-electron chi connectivity index (χ2n) is 18.5. The van der Waals surface area contributed by atoms with Gasteiger partial charge in [0.2, 0.25) is 0 Å². The predicted octanol–water partition coefficient (Wildman–Crippen LogP) is 13.9. The van der Waals surface area contributed by atoms with Crippen LogP contribution in [0.2, 0.25) is 0 Å². The van der Waals surface area contributed by atoms with Gasteiger partial charge in [0.05, 0.1) is 13.0 Å². The molecule has 1 saturated heterocycles. The summed E-state index contributed by atoms with van der Waals surface area (Å²) in [7, 11) is 0. The fourth-order valence-electron chi connectivity index (χ4n) is 7.67. The van der Waals surface area contributed by atoms with Crippen LogP contribution in [-0.2, 0) is 42.9 Å². The lowest BCUT2D eigenvalue weighted by molar-refractivity contribution is -0.301. The maximum Gasteiger partial charge on any atom is 0.335 e. The normalized spacial score (nSPS) is 19.2. The molecule has 1 rings (SSSR count). The van der Waals surface area contributed by atoms with Gasteiger partial charge in [0.25, 0.3) is 0 Å². The van der Waals surface area contributed by atoms with Crippen molar-refractivity contribution >= 4 is 23.9 Å². The van der Waals surface area contributed by atoms with E-state index in [1.54, 1.807) is 6.08 Å². The molecule has 0 bridgehead atoms. The summed E-state index contributed by atoms with van der Waals surface area (Å²) in [6, 6.07) is 0. The van der Waals surface area contributed by atoms with Crippen molar-refractivity contribution in [2.24, 2.45) is 0 Å². The van der Waals surface area contributed by atoms with Crippen LogP contribution in [0.4, 0.5) is 0 Å². The SMILES string of the molecule is CC/C=C\C/C=C\C/C=C\C/C=C\C/C=C\CC(=O)OC(COC(=O)CCCCCCCC/C=C\C/C=C\C/C=C\C/C=C\CC)COC1OC(C(=O)O)C(O)C(O)C1OC(=O)CCCCCCCCCCC. The van der Waals surface area contributed by atoms with Gasteiger partial charge in [0.15, 0.2) is 24.6 Å². The molecule has 1 fully saturated rings. The van der Waals surface area contributed by atoms with Crippen LogP contribution in [-0.4, -0.2) is 89.2 Å². The lowest BCUT2D eigenvalue weighted by Gasteiger charge is -2.40. The Balaban J connectivity index is 2.75. The molecule has 0 radical (unpaired) electrons. The van der Waals surface area contributed by atoms with E-state index in [4.69, 9.17) is 23.7 Å². The van der Waals surface area contributed by atoms with Gasteiger partial charge in [-0.2, -0.15) is 0 Å². The molecule has 0 amide bonds. The fraction of sp³-hybridized carbons (Fsp3) is 0.639. The van der Waals surface area contributed by atoms with E-state index in [9.17, 15) is 34.5 Å². The number of carbonyl (C=O) groups is 4. The van der Waals surface area contributed by atoms with Gasteiger partial charge in [-0.25, -0.2) is 4.79 Å². The van der Waals surface area contributed by atoms with Crippen molar-refractivity contribution in [2.75, 3.05) is 13.2 Å². The number of carboxylic acids is 1. The van der Waals surface area contributed by atoms with E-state index in [1.807, 2.05) is 18.2 Å². The first-order valence-electron chi connectivity index (χ1n) is 27.9. The van der Waals surface area contributed by atoms with Gasteiger partial charge in [-0.15, -0.1) is 0 Å².